The highest BCUT2D eigenvalue weighted by Gasteiger charge is 2.20. The zero-order valence-corrected chi connectivity index (χ0v) is 14.1. The van der Waals surface area contributed by atoms with Crippen LogP contribution in [-0.4, -0.2) is 41.7 Å². The molecule has 0 saturated carbocycles. The van der Waals surface area contributed by atoms with Crippen molar-refractivity contribution < 1.29 is 19.4 Å². The van der Waals surface area contributed by atoms with Crippen LogP contribution >= 0.6 is 22.9 Å². The second kappa shape index (κ2) is 7.54. The molecule has 0 radical (unpaired) electrons. The summed E-state index contributed by atoms with van der Waals surface area (Å²) in [7, 11) is 1.28. The van der Waals surface area contributed by atoms with E-state index in [1.807, 2.05) is 12.1 Å². The van der Waals surface area contributed by atoms with E-state index in [1.54, 1.807) is 19.1 Å². The first kappa shape index (κ1) is 17.4. The lowest BCUT2D eigenvalue weighted by Crippen LogP contribution is -2.37. The molecule has 0 bridgehead atoms. The number of methoxy groups -OCH3 is 1. The molecule has 6 nitrogen and oxygen atoms in total. The molecule has 0 spiro atoms. The Bertz CT molecular complexity index is 715. The molecule has 1 unspecified atom stereocenters. The van der Waals surface area contributed by atoms with Gasteiger partial charge in [0, 0.05) is 17.7 Å². The fourth-order valence-electron chi connectivity index (χ4n) is 1.86. The van der Waals surface area contributed by atoms with Crippen LogP contribution in [0.4, 0.5) is 0 Å². The fourth-order valence-corrected chi connectivity index (χ4v) is 2.97. The van der Waals surface area contributed by atoms with Crippen molar-refractivity contribution in [2.24, 2.45) is 0 Å². The number of nitrogens with one attached hydrogen (secondary N) is 1. The van der Waals surface area contributed by atoms with Crippen molar-refractivity contribution in [3.63, 3.8) is 0 Å². The molecule has 2 N–H and O–H groups in total. The summed E-state index contributed by atoms with van der Waals surface area (Å²) in [6.07, 6.45) is -1.08. The van der Waals surface area contributed by atoms with Crippen LogP contribution in [0.5, 0.6) is 0 Å². The van der Waals surface area contributed by atoms with Crippen LogP contribution in [0.2, 0.25) is 5.02 Å². The van der Waals surface area contributed by atoms with Gasteiger partial charge in [-0.2, -0.15) is 0 Å². The van der Waals surface area contributed by atoms with Crippen LogP contribution in [0.25, 0.3) is 10.6 Å². The molecular formula is C15H15ClN2O4S. The first-order valence-corrected chi connectivity index (χ1v) is 7.89. The molecule has 0 aliphatic heterocycles. The van der Waals surface area contributed by atoms with E-state index in [2.05, 4.69) is 10.3 Å². The van der Waals surface area contributed by atoms with Crippen molar-refractivity contribution in [3.05, 3.63) is 39.9 Å². The number of halogens is 1. The third-order valence-corrected chi connectivity index (χ3v) is 4.56. The Morgan fingerprint density at radius 3 is 2.61 bits per heavy atom. The van der Waals surface area contributed by atoms with E-state index in [1.165, 1.54) is 18.4 Å². The van der Waals surface area contributed by atoms with Crippen LogP contribution in [0.15, 0.2) is 24.3 Å². The van der Waals surface area contributed by atoms with Crippen LogP contribution < -0.4 is 5.32 Å². The van der Waals surface area contributed by atoms with Crippen molar-refractivity contribution in [3.8, 4) is 10.6 Å². The average Bonchev–Trinajstić information content (AvgIpc) is 2.90. The minimum Gasteiger partial charge on any atom is -0.479 e. The summed E-state index contributed by atoms with van der Waals surface area (Å²) in [4.78, 5) is 27.9. The molecule has 122 valence electrons. The molecule has 2 rings (SSSR count). The van der Waals surface area contributed by atoms with Gasteiger partial charge in [0.05, 0.1) is 12.2 Å². The number of rotatable bonds is 6. The summed E-state index contributed by atoms with van der Waals surface area (Å²) in [5.74, 6) is -1.50. The maximum atomic E-state index is 12.2. The zero-order chi connectivity index (χ0) is 17.0. The van der Waals surface area contributed by atoms with Crippen molar-refractivity contribution in [2.45, 2.75) is 13.0 Å². The fraction of sp³-hybridized carbons (Fsp3) is 0.267. The maximum Gasteiger partial charge on any atom is 0.334 e. The maximum absolute atomic E-state index is 12.2. The van der Waals surface area contributed by atoms with E-state index in [4.69, 9.17) is 21.4 Å². The number of aryl methyl sites for hydroxylation is 1. The molecule has 23 heavy (non-hydrogen) atoms. The van der Waals surface area contributed by atoms with Gasteiger partial charge in [0.2, 0.25) is 0 Å². The molecule has 1 atom stereocenters. The highest BCUT2D eigenvalue weighted by atomic mass is 35.5. The largest absolute Gasteiger partial charge is 0.479 e. The summed E-state index contributed by atoms with van der Waals surface area (Å²) in [5.41, 5.74) is 1.45. The third kappa shape index (κ3) is 4.28. The number of carbonyl (C=O) groups excluding carboxylic acids is 1. The van der Waals surface area contributed by atoms with Gasteiger partial charge in [-0.05, 0) is 19.1 Å². The number of aliphatic carboxylic acids is 1. The van der Waals surface area contributed by atoms with Gasteiger partial charge in [-0.15, -0.1) is 11.3 Å². The van der Waals surface area contributed by atoms with Crippen LogP contribution in [0, 0.1) is 6.92 Å². The summed E-state index contributed by atoms with van der Waals surface area (Å²) in [5, 5.41) is 12.8. The molecule has 8 heteroatoms. The number of aromatic nitrogens is 1. The van der Waals surface area contributed by atoms with E-state index in [0.29, 0.717) is 20.6 Å². The highest BCUT2D eigenvalue weighted by Crippen LogP contribution is 2.28. The van der Waals surface area contributed by atoms with E-state index in [0.717, 1.165) is 5.56 Å². The molecule has 2 aromatic rings. The van der Waals surface area contributed by atoms with Crippen LogP contribution in [-0.2, 0) is 9.53 Å². The van der Waals surface area contributed by atoms with Gasteiger partial charge in [0.15, 0.2) is 6.10 Å². The molecule has 0 fully saturated rings. The molecule has 0 saturated heterocycles. The Kier molecular flexibility index (Phi) is 5.70. The minimum atomic E-state index is -1.13. The summed E-state index contributed by atoms with van der Waals surface area (Å²) in [6, 6.07) is 7.16. The van der Waals surface area contributed by atoms with E-state index in [-0.39, 0.29) is 12.5 Å². The topological polar surface area (TPSA) is 88.5 Å². The summed E-state index contributed by atoms with van der Waals surface area (Å²) < 4.78 is 4.77. The molecular weight excluding hydrogens is 340 g/mol. The lowest BCUT2D eigenvalue weighted by molar-refractivity contribution is -0.147. The Balaban J connectivity index is 2.12. The Morgan fingerprint density at radius 2 is 2.04 bits per heavy atom. The van der Waals surface area contributed by atoms with Crippen LogP contribution in [0.3, 0.4) is 0 Å². The number of ether oxygens (including phenoxy) is 1. The van der Waals surface area contributed by atoms with Gasteiger partial charge >= 0.3 is 5.97 Å². The number of hydrogen-bond acceptors (Lipinski definition) is 5. The number of carbonyl (C=O) groups is 2. The molecule has 1 aromatic carbocycles. The normalized spacial score (nSPS) is 12.0. The molecule has 1 amide bonds. The first-order chi connectivity index (χ1) is 10.9. The second-order valence-corrected chi connectivity index (χ2v) is 6.15. The van der Waals surface area contributed by atoms with E-state index < -0.39 is 12.1 Å². The number of carboxylic acids is 1. The molecule has 1 aromatic heterocycles. The monoisotopic (exact) mass is 354 g/mol. The van der Waals surface area contributed by atoms with E-state index >= 15 is 0 Å². The summed E-state index contributed by atoms with van der Waals surface area (Å²) >= 11 is 7.10. The number of benzene rings is 1. The highest BCUT2D eigenvalue weighted by molar-refractivity contribution is 7.17. The Hall–Kier alpha value is -1.96. The van der Waals surface area contributed by atoms with Gasteiger partial charge in [-0.1, -0.05) is 23.7 Å². The number of nitrogens with zero attached hydrogens (tertiary/aromatic N) is 1. The van der Waals surface area contributed by atoms with Gasteiger partial charge in [0.25, 0.3) is 5.91 Å². The van der Waals surface area contributed by atoms with Gasteiger partial charge in [0.1, 0.15) is 9.88 Å². The zero-order valence-electron chi connectivity index (χ0n) is 12.5. The third-order valence-electron chi connectivity index (χ3n) is 3.10. The standard InChI is InChI=1S/C15H15ClN2O4S/c1-8-12(13(19)17-7-11(22-2)15(20)21)23-14(18-8)9-3-5-10(16)6-4-9/h3-6,11H,7H2,1-2H3,(H,17,19)(H,20,21). The number of hydrogen-bond donors (Lipinski definition) is 2. The van der Waals surface area contributed by atoms with Crippen molar-refractivity contribution in [2.75, 3.05) is 13.7 Å². The molecule has 0 aliphatic rings. The SMILES string of the molecule is COC(CNC(=O)c1sc(-c2ccc(Cl)cc2)nc1C)C(=O)O. The van der Waals surface area contributed by atoms with Gasteiger partial charge < -0.3 is 15.2 Å². The van der Waals surface area contributed by atoms with Crippen molar-refractivity contribution in [1.29, 1.82) is 0 Å². The van der Waals surface area contributed by atoms with Crippen molar-refractivity contribution in [1.82, 2.24) is 10.3 Å². The number of carboxylic acid groups (broad SMARTS) is 1. The molecule has 1 heterocycles. The van der Waals surface area contributed by atoms with Gasteiger partial charge in [-0.25, -0.2) is 9.78 Å². The number of thiazole rings is 1. The predicted octanol–water partition coefficient (Wildman–Crippen LogP) is 2.60. The quantitative estimate of drug-likeness (QED) is 0.832. The van der Waals surface area contributed by atoms with E-state index in [9.17, 15) is 9.59 Å². The lowest BCUT2D eigenvalue weighted by Gasteiger charge is -2.10. The number of amides is 1. The lowest BCUT2D eigenvalue weighted by atomic mass is 10.2. The Morgan fingerprint density at radius 1 is 1.39 bits per heavy atom. The van der Waals surface area contributed by atoms with Crippen molar-refractivity contribution >= 4 is 34.8 Å². The smallest absolute Gasteiger partial charge is 0.334 e. The summed E-state index contributed by atoms with van der Waals surface area (Å²) in [6.45, 7) is 1.62. The second-order valence-electron chi connectivity index (χ2n) is 4.71. The molecule has 0 aliphatic carbocycles. The first-order valence-electron chi connectivity index (χ1n) is 6.69. The van der Waals surface area contributed by atoms with Gasteiger partial charge in [-0.3, -0.25) is 4.79 Å². The van der Waals surface area contributed by atoms with Crippen LogP contribution in [0.1, 0.15) is 15.4 Å². The Labute approximate surface area is 142 Å². The minimum absolute atomic E-state index is 0.113. The average molecular weight is 355 g/mol. The predicted molar refractivity (Wildman–Crippen MR) is 88.1 cm³/mol.